The van der Waals surface area contributed by atoms with Crippen LogP contribution in [-0.2, 0) is 0 Å². The second-order valence-electron chi connectivity index (χ2n) is 5.86. The van der Waals surface area contributed by atoms with E-state index in [-0.39, 0.29) is 20.3 Å². The molecule has 100 valence electrons. The average Bonchev–Trinajstić information content (AvgIpc) is 3.11. The predicted octanol–water partition coefficient (Wildman–Crippen LogP) is 2.16. The van der Waals surface area contributed by atoms with E-state index in [9.17, 15) is 0 Å². The number of benzene rings is 1. The summed E-state index contributed by atoms with van der Waals surface area (Å²) in [5, 5.41) is 0. The molecule has 0 radical (unpaired) electrons. The molecule has 3 aliphatic rings. The Morgan fingerprint density at radius 2 is 1.86 bits per heavy atom. The minimum Gasteiger partial charge on any atom is -1.00 e. The van der Waals surface area contributed by atoms with Crippen LogP contribution in [0.4, 0.5) is 0 Å². The van der Waals surface area contributed by atoms with E-state index in [4.69, 9.17) is 0 Å². The van der Waals surface area contributed by atoms with Crippen LogP contribution in [0.1, 0.15) is 25.4 Å². The van der Waals surface area contributed by atoms with Gasteiger partial charge in [0.2, 0.25) is 0 Å². The second-order valence-corrected chi connectivity index (χ2v) is 5.86. The van der Waals surface area contributed by atoms with Gasteiger partial charge < -0.3 is 1.43 Å². The monoisotopic (exact) mass is 266 g/mol. The first-order valence-corrected chi connectivity index (χ1v) is 7.38. The van der Waals surface area contributed by atoms with E-state index in [2.05, 4.69) is 79.8 Å². The molecular weight excluding hydrogens is 247 g/mol. The van der Waals surface area contributed by atoms with Crippen LogP contribution in [0.15, 0.2) is 77.9 Å². The second kappa shape index (κ2) is 5.72. The van der Waals surface area contributed by atoms with Crippen LogP contribution in [-0.4, -0.2) is 0 Å². The molecule has 0 saturated heterocycles. The molecule has 0 spiro atoms. The molecule has 0 bridgehead atoms. The summed E-state index contributed by atoms with van der Waals surface area (Å²) in [6.45, 7) is 2.37. The van der Waals surface area contributed by atoms with Gasteiger partial charge in [-0.15, -0.1) is 0 Å². The average molecular weight is 266 g/mol. The number of allylic oxidation sites excluding steroid dienone is 9. The molecule has 3 atom stereocenters. The molecule has 1 heteroatoms. The third-order valence-corrected chi connectivity index (χ3v) is 4.79. The van der Waals surface area contributed by atoms with Gasteiger partial charge in [-0.05, 0) is 22.6 Å². The molecule has 21 heavy (non-hydrogen) atoms. The van der Waals surface area contributed by atoms with E-state index >= 15 is 0 Å². The summed E-state index contributed by atoms with van der Waals surface area (Å²) in [6, 6.07) is 8.77. The van der Waals surface area contributed by atoms with Crippen LogP contribution in [0.5, 0.6) is 0 Å². The first kappa shape index (κ1) is 14.5. The normalized spacial score (nSPS) is 25.8. The molecular formula is C20H19Li. The molecule has 0 aromatic heterocycles. The molecule has 0 N–H and O–H groups in total. The van der Waals surface area contributed by atoms with Crippen LogP contribution >= 0.6 is 0 Å². The maximum Gasteiger partial charge on any atom is 1.00 e. The molecule has 3 aliphatic carbocycles. The SMILES string of the molecule is CC(C1=CC=C2C=CC=CC21)C1C=Cc2ccccc21.[H-].[Li+]. The quantitative estimate of drug-likeness (QED) is 0.720. The minimum atomic E-state index is 0. The molecule has 0 saturated carbocycles. The van der Waals surface area contributed by atoms with Gasteiger partial charge >= 0.3 is 18.9 Å². The Morgan fingerprint density at radius 3 is 2.76 bits per heavy atom. The van der Waals surface area contributed by atoms with Gasteiger partial charge in [0.05, 0.1) is 0 Å². The van der Waals surface area contributed by atoms with Gasteiger partial charge in [-0.25, -0.2) is 0 Å². The van der Waals surface area contributed by atoms with Crippen molar-refractivity contribution in [2.24, 2.45) is 11.8 Å². The van der Waals surface area contributed by atoms with E-state index in [1.54, 1.807) is 5.57 Å². The van der Waals surface area contributed by atoms with Gasteiger partial charge in [0.25, 0.3) is 0 Å². The summed E-state index contributed by atoms with van der Waals surface area (Å²) < 4.78 is 0. The molecule has 0 nitrogen and oxygen atoms in total. The van der Waals surface area contributed by atoms with Gasteiger partial charge in [-0.2, -0.15) is 0 Å². The van der Waals surface area contributed by atoms with Crippen molar-refractivity contribution in [1.29, 1.82) is 0 Å². The Morgan fingerprint density at radius 1 is 1.00 bits per heavy atom. The Labute approximate surface area is 140 Å². The van der Waals surface area contributed by atoms with Crippen LogP contribution in [0.3, 0.4) is 0 Å². The fourth-order valence-electron chi connectivity index (χ4n) is 3.67. The standard InChI is InChI=1S/C20H18.Li.H/c1-14(17-12-10-15-6-2-4-8-19(15)17)18-13-11-16-7-3-5-9-20(16)18;;/h2-14,17,20H,1H3;;/q;+1;-1. The summed E-state index contributed by atoms with van der Waals surface area (Å²) in [4.78, 5) is 0. The van der Waals surface area contributed by atoms with E-state index in [1.807, 2.05) is 0 Å². The van der Waals surface area contributed by atoms with Gasteiger partial charge in [0, 0.05) is 11.8 Å². The van der Waals surface area contributed by atoms with Gasteiger partial charge in [0.15, 0.2) is 0 Å². The predicted molar refractivity (Wildman–Crippen MR) is 86.4 cm³/mol. The maximum absolute atomic E-state index is 2.37. The molecule has 4 rings (SSSR count). The van der Waals surface area contributed by atoms with E-state index in [0.29, 0.717) is 17.8 Å². The van der Waals surface area contributed by atoms with Gasteiger partial charge in [0.1, 0.15) is 0 Å². The molecule has 0 fully saturated rings. The first-order valence-electron chi connectivity index (χ1n) is 7.38. The Hall–Kier alpha value is -1.48. The third kappa shape index (κ3) is 2.33. The molecule has 0 amide bonds. The number of fused-ring (bicyclic) bond motifs is 2. The Kier molecular flexibility index (Phi) is 3.94. The molecule has 3 unspecified atom stereocenters. The zero-order chi connectivity index (χ0) is 13.5. The van der Waals surface area contributed by atoms with Crippen molar-refractivity contribution in [3.05, 3.63) is 89.1 Å². The molecule has 0 aliphatic heterocycles. The van der Waals surface area contributed by atoms with E-state index in [1.165, 1.54) is 16.7 Å². The minimum absolute atomic E-state index is 0. The van der Waals surface area contributed by atoms with Crippen molar-refractivity contribution >= 4 is 6.08 Å². The fraction of sp³-hybridized carbons (Fsp3) is 0.200. The van der Waals surface area contributed by atoms with Crippen LogP contribution in [0, 0.1) is 11.8 Å². The van der Waals surface area contributed by atoms with Crippen molar-refractivity contribution in [2.45, 2.75) is 12.8 Å². The summed E-state index contributed by atoms with van der Waals surface area (Å²) in [5.41, 5.74) is 5.84. The van der Waals surface area contributed by atoms with Crippen molar-refractivity contribution in [3.8, 4) is 0 Å². The molecule has 1 aromatic carbocycles. The Bertz CT molecular complexity index is 706. The molecule has 1 aromatic rings. The number of hydrogen-bond acceptors (Lipinski definition) is 0. The molecule has 0 heterocycles. The van der Waals surface area contributed by atoms with Crippen LogP contribution < -0.4 is 18.9 Å². The smallest absolute Gasteiger partial charge is 1.00 e. The van der Waals surface area contributed by atoms with E-state index < -0.39 is 0 Å². The third-order valence-electron chi connectivity index (χ3n) is 4.79. The van der Waals surface area contributed by atoms with Crippen molar-refractivity contribution in [1.82, 2.24) is 0 Å². The topological polar surface area (TPSA) is 0 Å². The summed E-state index contributed by atoms with van der Waals surface area (Å²) in [6.07, 6.45) is 18.1. The fourth-order valence-corrected chi connectivity index (χ4v) is 3.67. The largest absolute Gasteiger partial charge is 1.00 e. The zero-order valence-corrected chi connectivity index (χ0v) is 12.7. The van der Waals surface area contributed by atoms with Crippen molar-refractivity contribution < 1.29 is 20.3 Å². The summed E-state index contributed by atoms with van der Waals surface area (Å²) >= 11 is 0. The van der Waals surface area contributed by atoms with Crippen LogP contribution in [0.2, 0.25) is 0 Å². The van der Waals surface area contributed by atoms with Crippen LogP contribution in [0.25, 0.3) is 6.08 Å². The van der Waals surface area contributed by atoms with Gasteiger partial charge in [-0.3, -0.25) is 0 Å². The summed E-state index contributed by atoms with van der Waals surface area (Å²) in [7, 11) is 0. The first-order chi connectivity index (χ1) is 9.84. The zero-order valence-electron chi connectivity index (χ0n) is 13.7. The summed E-state index contributed by atoms with van der Waals surface area (Å²) in [5.74, 6) is 1.56. The van der Waals surface area contributed by atoms with E-state index in [0.717, 1.165) is 0 Å². The van der Waals surface area contributed by atoms with Crippen molar-refractivity contribution in [2.75, 3.05) is 0 Å². The van der Waals surface area contributed by atoms with Crippen molar-refractivity contribution in [3.63, 3.8) is 0 Å². The number of hydrogen-bond donors (Lipinski definition) is 0. The Balaban J connectivity index is 0.000000882. The number of rotatable bonds is 2. The maximum atomic E-state index is 2.37. The van der Waals surface area contributed by atoms with Gasteiger partial charge in [-0.1, -0.05) is 85.4 Å².